The number of methoxy groups -OCH3 is 1. The van der Waals surface area contributed by atoms with Crippen LogP contribution in [0.4, 0.5) is 15.8 Å². The van der Waals surface area contributed by atoms with Crippen molar-refractivity contribution in [2.75, 3.05) is 37.0 Å². The van der Waals surface area contributed by atoms with Crippen LogP contribution < -0.4 is 19.7 Å². The molecule has 1 fully saturated rings. The molecule has 8 nitrogen and oxygen atoms in total. The SMILES string of the molecule is COc1ccc2c(c1)C[C@@H](C(=O)Nc1cc(F)c(-c3cn[nH]c3)cc1N1CCC(O)CC1)CO2. The lowest BCUT2D eigenvalue weighted by Gasteiger charge is -2.33. The Bertz CT molecular complexity index is 1180. The molecule has 1 saturated heterocycles. The first kappa shape index (κ1) is 22.2. The largest absolute Gasteiger partial charge is 0.497 e. The third-order valence-electron chi connectivity index (χ3n) is 6.50. The summed E-state index contributed by atoms with van der Waals surface area (Å²) in [5.41, 5.74) is 3.05. The van der Waals surface area contributed by atoms with Gasteiger partial charge in [0.15, 0.2) is 0 Å². The molecule has 0 radical (unpaired) electrons. The van der Waals surface area contributed by atoms with Crippen molar-refractivity contribution in [1.29, 1.82) is 0 Å². The highest BCUT2D eigenvalue weighted by Crippen LogP contribution is 2.37. The molecule has 3 heterocycles. The average molecular weight is 467 g/mol. The molecule has 2 aromatic carbocycles. The predicted molar refractivity (Wildman–Crippen MR) is 126 cm³/mol. The van der Waals surface area contributed by atoms with Crippen molar-refractivity contribution < 1.29 is 23.8 Å². The Hall–Kier alpha value is -3.59. The number of rotatable bonds is 5. The molecule has 1 atom stereocenters. The standard InChI is InChI=1S/C25H27FN4O4/c1-33-19-2-3-24-15(9-19)8-16(14-34-24)25(32)29-22-11-21(26)20(17-12-27-28-13-17)10-23(22)30-6-4-18(31)5-7-30/h2-3,9-13,16,18,31H,4-8,14H2,1H3,(H,27,28)(H,29,32)/t16-/m1/s1. The van der Waals surface area contributed by atoms with Crippen LogP contribution >= 0.6 is 0 Å². The van der Waals surface area contributed by atoms with Crippen LogP contribution in [0.3, 0.4) is 0 Å². The summed E-state index contributed by atoms with van der Waals surface area (Å²) in [4.78, 5) is 15.3. The van der Waals surface area contributed by atoms with E-state index in [1.165, 1.54) is 6.07 Å². The molecule has 9 heteroatoms. The maximum atomic E-state index is 15.1. The van der Waals surface area contributed by atoms with E-state index in [2.05, 4.69) is 20.4 Å². The van der Waals surface area contributed by atoms with E-state index in [1.807, 2.05) is 18.2 Å². The highest BCUT2D eigenvalue weighted by atomic mass is 19.1. The molecule has 1 amide bonds. The second kappa shape index (κ2) is 9.34. The lowest BCUT2D eigenvalue weighted by Crippen LogP contribution is -2.37. The summed E-state index contributed by atoms with van der Waals surface area (Å²) in [7, 11) is 1.60. The first-order valence-corrected chi connectivity index (χ1v) is 11.4. The molecule has 1 aromatic heterocycles. The highest BCUT2D eigenvalue weighted by molar-refractivity contribution is 5.97. The van der Waals surface area contributed by atoms with Gasteiger partial charge in [0, 0.05) is 36.5 Å². The molecule has 0 spiro atoms. The van der Waals surface area contributed by atoms with Gasteiger partial charge in [-0.3, -0.25) is 9.89 Å². The number of aromatic amines is 1. The minimum Gasteiger partial charge on any atom is -0.497 e. The van der Waals surface area contributed by atoms with E-state index in [-0.39, 0.29) is 18.6 Å². The minimum absolute atomic E-state index is 0.234. The van der Waals surface area contributed by atoms with E-state index < -0.39 is 11.7 Å². The number of ether oxygens (including phenoxy) is 2. The Kier molecular flexibility index (Phi) is 6.10. The van der Waals surface area contributed by atoms with Gasteiger partial charge in [-0.05, 0) is 49.1 Å². The van der Waals surface area contributed by atoms with Gasteiger partial charge in [-0.2, -0.15) is 5.10 Å². The van der Waals surface area contributed by atoms with Gasteiger partial charge in [-0.25, -0.2) is 4.39 Å². The monoisotopic (exact) mass is 466 g/mol. The number of halogens is 1. The van der Waals surface area contributed by atoms with Crippen molar-refractivity contribution in [2.45, 2.75) is 25.4 Å². The number of hydrogen-bond acceptors (Lipinski definition) is 6. The van der Waals surface area contributed by atoms with Crippen LogP contribution in [0.2, 0.25) is 0 Å². The number of amides is 1. The molecule has 34 heavy (non-hydrogen) atoms. The molecular formula is C25H27FN4O4. The molecule has 0 saturated carbocycles. The van der Waals surface area contributed by atoms with Gasteiger partial charge in [-0.1, -0.05) is 0 Å². The number of nitrogens with one attached hydrogen (secondary N) is 2. The number of piperidine rings is 1. The number of hydrogen-bond donors (Lipinski definition) is 3. The van der Waals surface area contributed by atoms with Crippen LogP contribution in [0.15, 0.2) is 42.7 Å². The van der Waals surface area contributed by atoms with Crippen LogP contribution in [-0.2, 0) is 11.2 Å². The Labute approximate surface area is 196 Å². The van der Waals surface area contributed by atoms with Gasteiger partial charge < -0.3 is 24.8 Å². The van der Waals surface area contributed by atoms with Crippen LogP contribution in [0, 0.1) is 11.7 Å². The number of anilines is 2. The first-order valence-electron chi connectivity index (χ1n) is 11.4. The molecule has 0 bridgehead atoms. The Morgan fingerprint density at radius 3 is 2.85 bits per heavy atom. The zero-order chi connectivity index (χ0) is 23.7. The van der Waals surface area contributed by atoms with Crippen molar-refractivity contribution in [1.82, 2.24) is 10.2 Å². The topological polar surface area (TPSA) is 99.7 Å². The van der Waals surface area contributed by atoms with Crippen LogP contribution in [0.5, 0.6) is 11.5 Å². The minimum atomic E-state index is -0.451. The van der Waals surface area contributed by atoms with E-state index >= 15 is 4.39 Å². The maximum absolute atomic E-state index is 15.1. The van der Waals surface area contributed by atoms with E-state index in [0.29, 0.717) is 54.9 Å². The second-order valence-corrected chi connectivity index (χ2v) is 8.73. The van der Waals surface area contributed by atoms with Gasteiger partial charge in [-0.15, -0.1) is 0 Å². The van der Waals surface area contributed by atoms with E-state index in [0.717, 1.165) is 17.0 Å². The molecular weight excluding hydrogens is 439 g/mol. The Morgan fingerprint density at radius 2 is 2.12 bits per heavy atom. The number of nitrogens with zero attached hydrogens (tertiary/aromatic N) is 2. The number of carbonyl (C=O) groups excluding carboxylic acids is 1. The van der Waals surface area contributed by atoms with Crippen molar-refractivity contribution >= 4 is 17.3 Å². The number of aliphatic hydroxyl groups excluding tert-OH is 1. The summed E-state index contributed by atoms with van der Waals surface area (Å²) in [5.74, 6) is 0.338. The van der Waals surface area contributed by atoms with Gasteiger partial charge in [0.05, 0.1) is 36.7 Å². The van der Waals surface area contributed by atoms with Crippen molar-refractivity contribution in [3.63, 3.8) is 0 Å². The summed E-state index contributed by atoms with van der Waals surface area (Å²) < 4.78 is 26.2. The van der Waals surface area contributed by atoms with Crippen molar-refractivity contribution in [2.24, 2.45) is 5.92 Å². The van der Waals surface area contributed by atoms with Gasteiger partial charge >= 0.3 is 0 Å². The average Bonchev–Trinajstić information content (AvgIpc) is 3.39. The molecule has 178 valence electrons. The van der Waals surface area contributed by atoms with Crippen LogP contribution in [0.1, 0.15) is 18.4 Å². The zero-order valence-electron chi connectivity index (χ0n) is 18.9. The Morgan fingerprint density at radius 1 is 1.29 bits per heavy atom. The van der Waals surface area contributed by atoms with Crippen LogP contribution in [-0.4, -0.2) is 54.1 Å². The summed E-state index contributed by atoms with van der Waals surface area (Å²) >= 11 is 0. The molecule has 2 aliphatic heterocycles. The predicted octanol–water partition coefficient (Wildman–Crippen LogP) is 3.38. The normalized spacial score (nSPS) is 18.2. The Balaban J connectivity index is 1.42. The summed E-state index contributed by atoms with van der Waals surface area (Å²) in [6.07, 6.45) is 4.57. The van der Waals surface area contributed by atoms with E-state index in [4.69, 9.17) is 9.47 Å². The van der Waals surface area contributed by atoms with Crippen molar-refractivity contribution in [3.8, 4) is 22.6 Å². The lowest BCUT2D eigenvalue weighted by atomic mass is 9.95. The van der Waals surface area contributed by atoms with Gasteiger partial charge in [0.1, 0.15) is 23.9 Å². The molecule has 0 unspecified atom stereocenters. The van der Waals surface area contributed by atoms with Gasteiger partial charge in [0.2, 0.25) is 5.91 Å². The van der Waals surface area contributed by atoms with E-state index in [1.54, 1.807) is 25.6 Å². The van der Waals surface area contributed by atoms with Crippen LogP contribution in [0.25, 0.3) is 11.1 Å². The number of aromatic nitrogens is 2. The zero-order valence-corrected chi connectivity index (χ0v) is 18.9. The highest BCUT2D eigenvalue weighted by Gasteiger charge is 2.29. The molecule has 0 aliphatic carbocycles. The van der Waals surface area contributed by atoms with Crippen molar-refractivity contribution in [3.05, 3.63) is 54.1 Å². The van der Waals surface area contributed by atoms with Gasteiger partial charge in [0.25, 0.3) is 0 Å². The smallest absolute Gasteiger partial charge is 0.231 e. The number of aliphatic hydroxyl groups is 1. The fourth-order valence-corrected chi connectivity index (χ4v) is 4.55. The molecule has 2 aliphatic rings. The lowest BCUT2D eigenvalue weighted by molar-refractivity contribution is -0.121. The fourth-order valence-electron chi connectivity index (χ4n) is 4.55. The third kappa shape index (κ3) is 4.43. The summed E-state index contributed by atoms with van der Waals surface area (Å²) in [5, 5.41) is 19.5. The molecule has 3 aromatic rings. The molecule has 5 rings (SSSR count). The maximum Gasteiger partial charge on any atom is 0.231 e. The third-order valence-corrected chi connectivity index (χ3v) is 6.50. The summed E-state index contributed by atoms with van der Waals surface area (Å²) in [6.45, 7) is 1.46. The number of H-pyrrole nitrogens is 1. The number of carbonyl (C=O) groups is 1. The van der Waals surface area contributed by atoms with E-state index in [9.17, 15) is 9.90 Å². The first-order chi connectivity index (χ1) is 16.5. The quantitative estimate of drug-likeness (QED) is 0.533. The fraction of sp³-hybridized carbons (Fsp3) is 0.360. The number of fused-ring (bicyclic) bond motifs is 1. The summed E-state index contributed by atoms with van der Waals surface area (Å²) in [6, 6.07) is 8.64. The second-order valence-electron chi connectivity index (χ2n) is 8.73. The number of benzene rings is 2. The molecule has 3 N–H and O–H groups in total.